The number of hydrogen-bond donors (Lipinski definition) is 2. The zero-order chi connectivity index (χ0) is 14.4. The predicted molar refractivity (Wildman–Crippen MR) is 66.4 cm³/mol. The van der Waals surface area contributed by atoms with Crippen LogP contribution in [0.5, 0.6) is 0 Å². The van der Waals surface area contributed by atoms with E-state index in [0.717, 1.165) is 19.3 Å². The Hall–Kier alpha value is -1.63. The van der Waals surface area contributed by atoms with Crippen LogP contribution in [-0.2, 0) is 19.1 Å². The van der Waals surface area contributed by atoms with Crippen molar-refractivity contribution in [2.24, 2.45) is 5.92 Å². The normalized spacial score (nSPS) is 21.8. The van der Waals surface area contributed by atoms with Crippen LogP contribution in [0.3, 0.4) is 0 Å². The first kappa shape index (κ1) is 15.4. The number of ether oxygens (including phenoxy) is 1. The Labute approximate surface area is 111 Å². The van der Waals surface area contributed by atoms with E-state index in [1.165, 1.54) is 7.11 Å². The summed E-state index contributed by atoms with van der Waals surface area (Å²) in [6, 6.07) is -0.131. The average Bonchev–Trinajstić information content (AvgIpc) is 2.84. The second-order valence-corrected chi connectivity index (χ2v) is 4.65. The molecule has 0 radical (unpaired) electrons. The number of amides is 2. The van der Waals surface area contributed by atoms with E-state index in [-0.39, 0.29) is 11.9 Å². The van der Waals surface area contributed by atoms with E-state index in [1.54, 1.807) is 11.8 Å². The Morgan fingerprint density at radius 3 is 2.79 bits per heavy atom. The van der Waals surface area contributed by atoms with Crippen molar-refractivity contribution in [3.63, 3.8) is 0 Å². The number of methoxy groups -OCH3 is 1. The van der Waals surface area contributed by atoms with Gasteiger partial charge in [0.1, 0.15) is 6.54 Å². The first-order valence-electron chi connectivity index (χ1n) is 6.24. The van der Waals surface area contributed by atoms with Crippen LogP contribution in [0.15, 0.2) is 0 Å². The number of carboxylic acids is 1. The average molecular weight is 272 g/mol. The molecule has 7 nitrogen and oxygen atoms in total. The van der Waals surface area contributed by atoms with Crippen molar-refractivity contribution in [1.82, 2.24) is 10.2 Å². The molecule has 7 heteroatoms. The molecule has 1 rings (SSSR count). The number of rotatable bonds is 7. The van der Waals surface area contributed by atoms with Gasteiger partial charge >= 0.3 is 5.97 Å². The molecule has 0 aromatic heterocycles. The third kappa shape index (κ3) is 3.92. The lowest BCUT2D eigenvalue weighted by Gasteiger charge is -2.31. The van der Waals surface area contributed by atoms with Gasteiger partial charge in [-0.2, -0.15) is 0 Å². The van der Waals surface area contributed by atoms with E-state index in [4.69, 9.17) is 9.84 Å². The fourth-order valence-corrected chi connectivity index (χ4v) is 2.47. The molecule has 1 aliphatic rings. The predicted octanol–water partition coefficient (Wildman–Crippen LogP) is -0.541. The lowest BCUT2D eigenvalue weighted by atomic mass is 9.95. The number of carbonyl (C=O) groups excluding carboxylic acids is 2. The molecule has 0 aliphatic carbocycles. The third-order valence-corrected chi connectivity index (χ3v) is 3.45. The molecule has 1 aliphatic heterocycles. The maximum Gasteiger partial charge on any atom is 0.322 e. The van der Waals surface area contributed by atoms with Crippen LogP contribution in [-0.4, -0.2) is 60.6 Å². The SMILES string of the molecule is COC(C(C)C(=O)NCC(=O)O)C1CCCN1C=O. The molecular formula is C12H20N2O5. The van der Waals surface area contributed by atoms with Gasteiger partial charge in [0.2, 0.25) is 12.3 Å². The van der Waals surface area contributed by atoms with Crippen molar-refractivity contribution in [2.45, 2.75) is 31.9 Å². The Morgan fingerprint density at radius 2 is 2.26 bits per heavy atom. The van der Waals surface area contributed by atoms with E-state index in [0.29, 0.717) is 6.54 Å². The van der Waals surface area contributed by atoms with Crippen LogP contribution in [0.4, 0.5) is 0 Å². The van der Waals surface area contributed by atoms with Crippen LogP contribution in [0, 0.1) is 5.92 Å². The Balaban J connectivity index is 2.65. The number of carboxylic acid groups (broad SMARTS) is 1. The second kappa shape index (κ2) is 7.08. The molecule has 3 atom stereocenters. The van der Waals surface area contributed by atoms with E-state index in [2.05, 4.69) is 5.32 Å². The molecule has 1 saturated heterocycles. The summed E-state index contributed by atoms with van der Waals surface area (Å²) in [5.41, 5.74) is 0. The number of nitrogens with one attached hydrogen (secondary N) is 1. The van der Waals surface area contributed by atoms with Crippen LogP contribution in [0.2, 0.25) is 0 Å². The van der Waals surface area contributed by atoms with Crippen molar-refractivity contribution >= 4 is 18.3 Å². The van der Waals surface area contributed by atoms with Gasteiger partial charge < -0.3 is 20.1 Å². The molecule has 0 aromatic rings. The fraction of sp³-hybridized carbons (Fsp3) is 0.750. The minimum atomic E-state index is -1.09. The topological polar surface area (TPSA) is 95.9 Å². The molecule has 3 unspecified atom stereocenters. The highest BCUT2D eigenvalue weighted by molar-refractivity contribution is 5.83. The van der Waals surface area contributed by atoms with Crippen molar-refractivity contribution < 1.29 is 24.2 Å². The molecule has 0 spiro atoms. The standard InChI is InChI=1S/C12H20N2O5/c1-8(12(18)13-6-10(16)17)11(19-2)9-4-3-5-14(9)7-15/h7-9,11H,3-6H2,1-2H3,(H,13,18)(H,16,17). The van der Waals surface area contributed by atoms with Crippen molar-refractivity contribution in [1.29, 1.82) is 0 Å². The van der Waals surface area contributed by atoms with Gasteiger partial charge in [-0.05, 0) is 12.8 Å². The Morgan fingerprint density at radius 1 is 1.58 bits per heavy atom. The summed E-state index contributed by atoms with van der Waals surface area (Å²) >= 11 is 0. The molecule has 0 saturated carbocycles. The number of likely N-dealkylation sites (tertiary alicyclic amines) is 1. The molecule has 0 aromatic carbocycles. The number of nitrogens with zero attached hydrogens (tertiary/aromatic N) is 1. The molecule has 2 N–H and O–H groups in total. The van der Waals surface area contributed by atoms with E-state index in [1.807, 2.05) is 0 Å². The maximum atomic E-state index is 11.8. The maximum absolute atomic E-state index is 11.8. The number of hydrogen-bond acceptors (Lipinski definition) is 4. The number of aliphatic carboxylic acids is 1. The summed E-state index contributed by atoms with van der Waals surface area (Å²) in [6.45, 7) is 1.92. The molecule has 0 bridgehead atoms. The smallest absolute Gasteiger partial charge is 0.322 e. The van der Waals surface area contributed by atoms with E-state index < -0.39 is 24.5 Å². The van der Waals surface area contributed by atoms with Crippen molar-refractivity contribution in [3.05, 3.63) is 0 Å². The van der Waals surface area contributed by atoms with Crippen LogP contribution < -0.4 is 5.32 Å². The van der Waals surface area contributed by atoms with Crippen molar-refractivity contribution in [2.75, 3.05) is 20.2 Å². The van der Waals surface area contributed by atoms with Gasteiger partial charge in [-0.25, -0.2) is 0 Å². The largest absolute Gasteiger partial charge is 0.480 e. The Kier molecular flexibility index (Phi) is 5.75. The van der Waals surface area contributed by atoms with Gasteiger partial charge in [0, 0.05) is 13.7 Å². The summed E-state index contributed by atoms with van der Waals surface area (Å²) in [6.07, 6.45) is 2.01. The monoisotopic (exact) mass is 272 g/mol. The third-order valence-electron chi connectivity index (χ3n) is 3.45. The minimum Gasteiger partial charge on any atom is -0.480 e. The Bertz CT molecular complexity index is 347. The van der Waals surface area contributed by atoms with Gasteiger partial charge in [0.15, 0.2) is 0 Å². The molecular weight excluding hydrogens is 252 g/mol. The molecule has 2 amide bonds. The summed E-state index contributed by atoms with van der Waals surface area (Å²) in [5.74, 6) is -1.99. The molecule has 19 heavy (non-hydrogen) atoms. The zero-order valence-electron chi connectivity index (χ0n) is 11.2. The van der Waals surface area contributed by atoms with E-state index >= 15 is 0 Å². The lowest BCUT2D eigenvalue weighted by molar-refractivity contribution is -0.140. The highest BCUT2D eigenvalue weighted by atomic mass is 16.5. The van der Waals surface area contributed by atoms with Gasteiger partial charge in [0.25, 0.3) is 0 Å². The first-order valence-corrected chi connectivity index (χ1v) is 6.24. The fourth-order valence-electron chi connectivity index (χ4n) is 2.47. The van der Waals surface area contributed by atoms with Gasteiger partial charge in [-0.15, -0.1) is 0 Å². The molecule has 108 valence electrons. The molecule has 1 heterocycles. The van der Waals surface area contributed by atoms with Crippen LogP contribution in [0.1, 0.15) is 19.8 Å². The number of carbonyl (C=O) groups is 3. The summed E-state index contributed by atoms with van der Waals surface area (Å²) in [7, 11) is 1.49. The van der Waals surface area contributed by atoms with Gasteiger partial charge in [-0.3, -0.25) is 14.4 Å². The van der Waals surface area contributed by atoms with Crippen LogP contribution >= 0.6 is 0 Å². The molecule has 1 fully saturated rings. The quantitative estimate of drug-likeness (QED) is 0.607. The summed E-state index contributed by atoms with van der Waals surface area (Å²) in [5, 5.41) is 10.9. The highest BCUT2D eigenvalue weighted by Crippen LogP contribution is 2.24. The first-order chi connectivity index (χ1) is 9.01. The van der Waals surface area contributed by atoms with Gasteiger partial charge in [-0.1, -0.05) is 6.92 Å². The summed E-state index contributed by atoms with van der Waals surface area (Å²) in [4.78, 5) is 34.8. The van der Waals surface area contributed by atoms with Gasteiger partial charge in [0.05, 0.1) is 18.1 Å². The second-order valence-electron chi connectivity index (χ2n) is 4.65. The van der Waals surface area contributed by atoms with Crippen LogP contribution in [0.25, 0.3) is 0 Å². The zero-order valence-corrected chi connectivity index (χ0v) is 11.2. The highest BCUT2D eigenvalue weighted by Gasteiger charge is 2.37. The minimum absolute atomic E-state index is 0.131. The lowest BCUT2D eigenvalue weighted by Crippen LogP contribution is -2.48. The van der Waals surface area contributed by atoms with E-state index in [9.17, 15) is 14.4 Å². The summed E-state index contributed by atoms with van der Waals surface area (Å²) < 4.78 is 5.35. The van der Waals surface area contributed by atoms with Crippen molar-refractivity contribution in [3.8, 4) is 0 Å².